The molecular weight excluding hydrogens is 268 g/mol. The summed E-state index contributed by atoms with van der Waals surface area (Å²) in [6.07, 6.45) is 0. The molecule has 5 heteroatoms. The summed E-state index contributed by atoms with van der Waals surface area (Å²) < 4.78 is 0. The molecule has 0 radical (unpaired) electrons. The zero-order valence-electron chi connectivity index (χ0n) is 11.6. The van der Waals surface area contributed by atoms with Crippen molar-refractivity contribution in [1.82, 2.24) is 4.90 Å². The van der Waals surface area contributed by atoms with E-state index in [0.29, 0.717) is 12.2 Å². The molecule has 0 aromatic heterocycles. The first-order valence-electron chi connectivity index (χ1n) is 6.69. The molecule has 110 valence electrons. The first-order chi connectivity index (χ1) is 10.2. The fourth-order valence-corrected chi connectivity index (χ4v) is 1.96. The van der Waals surface area contributed by atoms with Crippen LogP contribution in [-0.4, -0.2) is 34.3 Å². The Bertz CT molecular complexity index is 587. The number of rotatable bonds is 5. The highest BCUT2D eigenvalue weighted by Crippen LogP contribution is 2.16. The van der Waals surface area contributed by atoms with Crippen LogP contribution in [0.3, 0.4) is 0 Å². The molecular formula is C16H18N2O3. The average Bonchev–Trinajstić information content (AvgIpc) is 2.48. The third kappa shape index (κ3) is 4.50. The Labute approximate surface area is 123 Å². The van der Waals surface area contributed by atoms with Crippen molar-refractivity contribution in [1.29, 1.82) is 0 Å². The van der Waals surface area contributed by atoms with Gasteiger partial charge in [-0.1, -0.05) is 36.4 Å². The maximum atomic E-state index is 12.2. The molecule has 0 unspecified atom stereocenters. The van der Waals surface area contributed by atoms with Gasteiger partial charge in [0.1, 0.15) is 5.75 Å². The third-order valence-corrected chi connectivity index (χ3v) is 2.97. The normalized spacial score (nSPS) is 10.1. The Kier molecular flexibility index (Phi) is 5.17. The molecule has 0 aliphatic rings. The highest BCUT2D eigenvalue weighted by molar-refractivity contribution is 5.89. The molecule has 3 N–H and O–H groups in total. The number of nitrogens with zero attached hydrogens (tertiary/aromatic N) is 1. The minimum atomic E-state index is -0.321. The van der Waals surface area contributed by atoms with Crippen LogP contribution in [0.5, 0.6) is 5.75 Å². The van der Waals surface area contributed by atoms with Crippen molar-refractivity contribution in [2.45, 2.75) is 6.54 Å². The number of hydrogen-bond donors (Lipinski definition) is 3. The summed E-state index contributed by atoms with van der Waals surface area (Å²) >= 11 is 0. The molecule has 0 atom stereocenters. The number of urea groups is 1. The highest BCUT2D eigenvalue weighted by atomic mass is 16.3. The summed E-state index contributed by atoms with van der Waals surface area (Å²) in [7, 11) is 0. The van der Waals surface area contributed by atoms with Gasteiger partial charge in [-0.25, -0.2) is 4.79 Å². The van der Waals surface area contributed by atoms with Crippen molar-refractivity contribution >= 4 is 11.7 Å². The zero-order valence-corrected chi connectivity index (χ0v) is 11.6. The van der Waals surface area contributed by atoms with Gasteiger partial charge in [0, 0.05) is 24.8 Å². The maximum Gasteiger partial charge on any atom is 0.322 e. The van der Waals surface area contributed by atoms with E-state index < -0.39 is 0 Å². The summed E-state index contributed by atoms with van der Waals surface area (Å²) in [5.74, 6) is 0.0876. The van der Waals surface area contributed by atoms with Crippen molar-refractivity contribution < 1.29 is 15.0 Å². The summed E-state index contributed by atoms with van der Waals surface area (Å²) in [5.41, 5.74) is 1.49. The SMILES string of the molecule is O=C(Nc1cccc(O)c1)N(CCO)Cc1ccccc1. The lowest BCUT2D eigenvalue weighted by molar-refractivity contribution is 0.185. The van der Waals surface area contributed by atoms with Gasteiger partial charge in [-0.15, -0.1) is 0 Å². The van der Waals surface area contributed by atoms with Crippen LogP contribution in [0.1, 0.15) is 5.56 Å². The van der Waals surface area contributed by atoms with Crippen LogP contribution in [0.2, 0.25) is 0 Å². The second-order valence-corrected chi connectivity index (χ2v) is 4.61. The lowest BCUT2D eigenvalue weighted by atomic mass is 10.2. The van der Waals surface area contributed by atoms with Crippen LogP contribution in [-0.2, 0) is 6.54 Å². The number of aromatic hydroxyl groups is 1. The van der Waals surface area contributed by atoms with Crippen molar-refractivity contribution in [2.24, 2.45) is 0 Å². The lowest BCUT2D eigenvalue weighted by Crippen LogP contribution is -2.36. The van der Waals surface area contributed by atoms with Gasteiger partial charge in [0.15, 0.2) is 0 Å². The van der Waals surface area contributed by atoms with E-state index in [2.05, 4.69) is 5.32 Å². The summed E-state index contributed by atoms with van der Waals surface area (Å²) in [5, 5.41) is 21.2. The van der Waals surface area contributed by atoms with Crippen molar-refractivity contribution in [3.8, 4) is 5.75 Å². The van der Waals surface area contributed by atoms with Crippen LogP contribution in [0.25, 0.3) is 0 Å². The molecule has 0 spiro atoms. The van der Waals surface area contributed by atoms with Crippen LogP contribution < -0.4 is 5.32 Å². The van der Waals surface area contributed by atoms with Gasteiger partial charge >= 0.3 is 6.03 Å². The Balaban J connectivity index is 2.05. The van der Waals surface area contributed by atoms with E-state index in [1.165, 1.54) is 17.0 Å². The fraction of sp³-hybridized carbons (Fsp3) is 0.188. The van der Waals surface area contributed by atoms with Crippen molar-refractivity contribution in [3.63, 3.8) is 0 Å². The molecule has 21 heavy (non-hydrogen) atoms. The number of anilines is 1. The smallest absolute Gasteiger partial charge is 0.322 e. The Morgan fingerprint density at radius 2 is 1.86 bits per heavy atom. The third-order valence-electron chi connectivity index (χ3n) is 2.97. The van der Waals surface area contributed by atoms with E-state index in [4.69, 9.17) is 5.11 Å². The van der Waals surface area contributed by atoms with Crippen LogP contribution in [0, 0.1) is 0 Å². The number of benzene rings is 2. The number of aliphatic hydroxyl groups is 1. The number of phenolic OH excluding ortho intramolecular Hbond substituents is 1. The molecule has 0 aliphatic carbocycles. The first kappa shape index (κ1) is 14.9. The first-order valence-corrected chi connectivity index (χ1v) is 6.69. The van der Waals surface area contributed by atoms with Gasteiger partial charge in [0.05, 0.1) is 6.61 Å². The van der Waals surface area contributed by atoms with Crippen LogP contribution in [0.15, 0.2) is 54.6 Å². The minimum absolute atomic E-state index is 0.0876. The zero-order chi connectivity index (χ0) is 15.1. The summed E-state index contributed by atoms with van der Waals surface area (Å²) in [6, 6.07) is 15.6. The van der Waals surface area contributed by atoms with Crippen molar-refractivity contribution in [3.05, 3.63) is 60.2 Å². The van der Waals surface area contributed by atoms with Crippen molar-refractivity contribution in [2.75, 3.05) is 18.5 Å². The molecule has 0 saturated heterocycles. The molecule has 2 aromatic rings. The molecule has 2 rings (SSSR count). The number of phenols is 1. The Morgan fingerprint density at radius 3 is 2.52 bits per heavy atom. The van der Waals surface area contributed by atoms with Gasteiger partial charge < -0.3 is 20.4 Å². The highest BCUT2D eigenvalue weighted by Gasteiger charge is 2.13. The predicted molar refractivity (Wildman–Crippen MR) is 81.1 cm³/mol. The van der Waals surface area contributed by atoms with E-state index in [1.807, 2.05) is 30.3 Å². The minimum Gasteiger partial charge on any atom is -0.508 e. The summed E-state index contributed by atoms with van der Waals surface area (Å²) in [6.45, 7) is 0.534. The van der Waals surface area contributed by atoms with Gasteiger partial charge in [0.2, 0.25) is 0 Å². The molecule has 0 bridgehead atoms. The predicted octanol–water partition coefficient (Wildman–Crippen LogP) is 2.42. The standard InChI is InChI=1S/C16H18N2O3/c19-10-9-18(12-13-5-2-1-3-6-13)16(21)17-14-7-4-8-15(20)11-14/h1-8,11,19-20H,9-10,12H2,(H,17,21). The molecule has 0 saturated carbocycles. The molecule has 0 fully saturated rings. The topological polar surface area (TPSA) is 72.8 Å². The van der Waals surface area contributed by atoms with Crippen LogP contribution in [0.4, 0.5) is 10.5 Å². The molecule has 2 amide bonds. The summed E-state index contributed by atoms with van der Waals surface area (Å²) in [4.78, 5) is 13.8. The van der Waals surface area contributed by atoms with Crippen LogP contribution >= 0.6 is 0 Å². The van der Waals surface area contributed by atoms with Gasteiger partial charge in [0.25, 0.3) is 0 Å². The monoisotopic (exact) mass is 286 g/mol. The van der Waals surface area contributed by atoms with E-state index in [0.717, 1.165) is 5.56 Å². The quantitative estimate of drug-likeness (QED) is 0.790. The number of carbonyl (C=O) groups excluding carboxylic acids is 1. The molecule has 2 aromatic carbocycles. The van der Waals surface area contributed by atoms with Gasteiger partial charge in [-0.3, -0.25) is 0 Å². The number of aliphatic hydroxyl groups excluding tert-OH is 1. The van der Waals surface area contributed by atoms with E-state index in [-0.39, 0.29) is 24.9 Å². The van der Waals surface area contributed by atoms with E-state index in [9.17, 15) is 9.90 Å². The largest absolute Gasteiger partial charge is 0.508 e. The second kappa shape index (κ2) is 7.31. The number of carbonyl (C=O) groups is 1. The maximum absolute atomic E-state index is 12.2. The number of amides is 2. The molecule has 0 aliphatic heterocycles. The second-order valence-electron chi connectivity index (χ2n) is 4.61. The average molecular weight is 286 g/mol. The van der Waals surface area contributed by atoms with E-state index >= 15 is 0 Å². The molecule has 0 heterocycles. The number of hydrogen-bond acceptors (Lipinski definition) is 3. The molecule has 5 nitrogen and oxygen atoms in total. The van der Waals surface area contributed by atoms with E-state index in [1.54, 1.807) is 12.1 Å². The Hall–Kier alpha value is -2.53. The number of nitrogens with one attached hydrogen (secondary N) is 1. The van der Waals surface area contributed by atoms with Gasteiger partial charge in [-0.2, -0.15) is 0 Å². The fourth-order valence-electron chi connectivity index (χ4n) is 1.96. The Morgan fingerprint density at radius 1 is 1.10 bits per heavy atom. The van der Waals surface area contributed by atoms with Gasteiger partial charge in [-0.05, 0) is 17.7 Å². The lowest BCUT2D eigenvalue weighted by Gasteiger charge is -2.22.